The molecule has 0 spiro atoms. The summed E-state index contributed by atoms with van der Waals surface area (Å²) in [4.78, 5) is 28.4. The van der Waals surface area contributed by atoms with Crippen LogP contribution in [-0.4, -0.2) is 14.5 Å². The Bertz CT molecular complexity index is 1350. The van der Waals surface area contributed by atoms with Gasteiger partial charge in [-0.3, -0.25) is 19.5 Å². The van der Waals surface area contributed by atoms with Crippen LogP contribution in [0.1, 0.15) is 11.4 Å². The predicted molar refractivity (Wildman–Crippen MR) is 130 cm³/mol. The third-order valence-corrected chi connectivity index (χ3v) is 5.67. The predicted octanol–water partition coefficient (Wildman–Crippen LogP) is 5.83. The Labute approximate surface area is 193 Å². The van der Waals surface area contributed by atoms with Crippen molar-refractivity contribution in [3.63, 3.8) is 0 Å². The van der Waals surface area contributed by atoms with E-state index in [4.69, 9.17) is 0 Å². The standard InChI is InChI=1S/C22H13BrIN3O3/c23-15-4-9-17(10-5-15)26-21(12-3-14-1-7-18(8-2-14)27(29)30)25-20-11-6-16(24)13-19(20)22(26)28/h1-13H. The topological polar surface area (TPSA) is 78.0 Å². The summed E-state index contributed by atoms with van der Waals surface area (Å²) in [6.07, 6.45) is 3.52. The fraction of sp³-hybridized carbons (Fsp3) is 0. The smallest absolute Gasteiger partial charge is 0.268 e. The molecule has 0 atom stereocenters. The second-order valence-corrected chi connectivity index (χ2v) is 8.59. The molecule has 4 rings (SSSR count). The van der Waals surface area contributed by atoms with Crippen molar-refractivity contribution < 1.29 is 4.92 Å². The van der Waals surface area contributed by atoms with Gasteiger partial charge in [-0.25, -0.2) is 4.98 Å². The van der Waals surface area contributed by atoms with Crippen LogP contribution in [0.2, 0.25) is 0 Å². The molecular weight excluding hydrogens is 561 g/mol. The van der Waals surface area contributed by atoms with E-state index >= 15 is 0 Å². The van der Waals surface area contributed by atoms with Gasteiger partial charge in [0.1, 0.15) is 5.82 Å². The quantitative estimate of drug-likeness (QED) is 0.175. The Morgan fingerprint density at radius 2 is 1.70 bits per heavy atom. The molecule has 30 heavy (non-hydrogen) atoms. The molecule has 148 valence electrons. The van der Waals surface area contributed by atoms with Gasteiger partial charge in [-0.1, -0.05) is 22.0 Å². The van der Waals surface area contributed by atoms with Crippen molar-refractivity contribution in [1.29, 1.82) is 0 Å². The summed E-state index contributed by atoms with van der Waals surface area (Å²) in [5.74, 6) is 0.467. The number of benzene rings is 3. The van der Waals surface area contributed by atoms with Crippen LogP contribution in [-0.2, 0) is 0 Å². The number of fused-ring (bicyclic) bond motifs is 1. The molecule has 1 aromatic heterocycles. The maximum absolute atomic E-state index is 13.3. The van der Waals surface area contributed by atoms with Gasteiger partial charge < -0.3 is 0 Å². The van der Waals surface area contributed by atoms with E-state index in [1.165, 1.54) is 12.1 Å². The number of hydrogen-bond acceptors (Lipinski definition) is 4. The summed E-state index contributed by atoms with van der Waals surface area (Å²) in [6, 6.07) is 19.2. The lowest BCUT2D eigenvalue weighted by Gasteiger charge is -2.12. The normalized spacial score (nSPS) is 11.3. The summed E-state index contributed by atoms with van der Waals surface area (Å²) in [7, 11) is 0. The molecule has 0 aliphatic carbocycles. The third kappa shape index (κ3) is 4.19. The first-order valence-corrected chi connectivity index (χ1v) is 10.7. The van der Waals surface area contributed by atoms with E-state index in [1.807, 2.05) is 42.5 Å². The molecule has 6 nitrogen and oxygen atoms in total. The van der Waals surface area contributed by atoms with E-state index in [2.05, 4.69) is 43.5 Å². The third-order valence-electron chi connectivity index (χ3n) is 4.47. The number of nitro groups is 1. The molecular formula is C22H13BrIN3O3. The van der Waals surface area contributed by atoms with Crippen LogP contribution in [0.3, 0.4) is 0 Å². The van der Waals surface area contributed by atoms with Gasteiger partial charge in [0.15, 0.2) is 0 Å². The Morgan fingerprint density at radius 3 is 2.37 bits per heavy atom. The highest BCUT2D eigenvalue weighted by Crippen LogP contribution is 2.20. The van der Waals surface area contributed by atoms with Gasteiger partial charge in [0, 0.05) is 20.2 Å². The Balaban J connectivity index is 1.88. The van der Waals surface area contributed by atoms with E-state index < -0.39 is 4.92 Å². The highest BCUT2D eigenvalue weighted by molar-refractivity contribution is 14.1. The summed E-state index contributed by atoms with van der Waals surface area (Å²) in [5, 5.41) is 11.4. The first-order valence-electron chi connectivity index (χ1n) is 8.83. The second kappa shape index (κ2) is 8.49. The number of rotatable bonds is 4. The first kappa shape index (κ1) is 20.4. The molecule has 0 radical (unpaired) electrons. The Kier molecular flexibility index (Phi) is 5.78. The Morgan fingerprint density at radius 1 is 1.00 bits per heavy atom. The van der Waals surface area contributed by atoms with Gasteiger partial charge in [0.05, 0.1) is 21.5 Å². The zero-order valence-electron chi connectivity index (χ0n) is 15.3. The fourth-order valence-corrected chi connectivity index (χ4v) is 3.76. The fourth-order valence-electron chi connectivity index (χ4n) is 3.00. The lowest BCUT2D eigenvalue weighted by molar-refractivity contribution is -0.384. The van der Waals surface area contributed by atoms with Crippen molar-refractivity contribution in [2.45, 2.75) is 0 Å². The minimum Gasteiger partial charge on any atom is -0.268 e. The highest BCUT2D eigenvalue weighted by atomic mass is 127. The SMILES string of the molecule is O=c1c2cc(I)ccc2nc(C=Cc2ccc([N+](=O)[O-])cc2)n1-c1ccc(Br)cc1. The van der Waals surface area contributed by atoms with Gasteiger partial charge in [-0.05, 0) is 88.8 Å². The lowest BCUT2D eigenvalue weighted by atomic mass is 10.2. The maximum atomic E-state index is 13.3. The van der Waals surface area contributed by atoms with E-state index in [0.29, 0.717) is 22.4 Å². The minimum atomic E-state index is -0.440. The molecule has 0 aliphatic rings. The van der Waals surface area contributed by atoms with Crippen LogP contribution in [0.15, 0.2) is 76.0 Å². The van der Waals surface area contributed by atoms with E-state index in [1.54, 1.807) is 28.9 Å². The van der Waals surface area contributed by atoms with Crippen molar-refractivity contribution in [3.05, 3.63) is 107 Å². The summed E-state index contributed by atoms with van der Waals surface area (Å²) < 4.78 is 3.42. The van der Waals surface area contributed by atoms with Gasteiger partial charge in [-0.2, -0.15) is 0 Å². The van der Waals surface area contributed by atoms with E-state index in [9.17, 15) is 14.9 Å². The zero-order chi connectivity index (χ0) is 21.3. The van der Waals surface area contributed by atoms with Crippen molar-refractivity contribution in [3.8, 4) is 5.69 Å². The summed E-state index contributed by atoms with van der Waals surface area (Å²) in [5.41, 5.74) is 1.93. The van der Waals surface area contributed by atoms with Crippen LogP contribution < -0.4 is 5.56 Å². The zero-order valence-corrected chi connectivity index (χ0v) is 19.1. The monoisotopic (exact) mass is 573 g/mol. The lowest BCUT2D eigenvalue weighted by Crippen LogP contribution is -2.22. The molecule has 0 bridgehead atoms. The number of non-ortho nitro benzene ring substituents is 1. The molecule has 0 amide bonds. The van der Waals surface area contributed by atoms with Crippen LogP contribution in [0.25, 0.3) is 28.7 Å². The first-order chi connectivity index (χ1) is 14.4. The number of aromatic nitrogens is 2. The van der Waals surface area contributed by atoms with E-state index in [0.717, 1.165) is 13.6 Å². The van der Waals surface area contributed by atoms with Crippen molar-refractivity contribution in [2.24, 2.45) is 0 Å². The van der Waals surface area contributed by atoms with Gasteiger partial charge in [0.25, 0.3) is 11.2 Å². The van der Waals surface area contributed by atoms with Crippen molar-refractivity contribution in [2.75, 3.05) is 0 Å². The molecule has 1 heterocycles. The molecule has 4 aromatic rings. The van der Waals surface area contributed by atoms with Gasteiger partial charge >= 0.3 is 0 Å². The summed E-state index contributed by atoms with van der Waals surface area (Å²) in [6.45, 7) is 0. The van der Waals surface area contributed by atoms with Crippen molar-refractivity contribution in [1.82, 2.24) is 9.55 Å². The van der Waals surface area contributed by atoms with Gasteiger partial charge in [-0.15, -0.1) is 0 Å². The van der Waals surface area contributed by atoms with Crippen LogP contribution in [0, 0.1) is 13.7 Å². The summed E-state index contributed by atoms with van der Waals surface area (Å²) >= 11 is 5.59. The van der Waals surface area contributed by atoms with Crippen LogP contribution in [0.4, 0.5) is 5.69 Å². The highest BCUT2D eigenvalue weighted by Gasteiger charge is 2.12. The average molecular weight is 574 g/mol. The van der Waals surface area contributed by atoms with Crippen LogP contribution >= 0.6 is 38.5 Å². The Hall–Kier alpha value is -2.85. The number of halogens is 2. The van der Waals surface area contributed by atoms with E-state index in [-0.39, 0.29) is 11.2 Å². The largest absolute Gasteiger partial charge is 0.269 e. The van der Waals surface area contributed by atoms with Gasteiger partial charge in [0.2, 0.25) is 0 Å². The number of nitrogens with zero attached hydrogens (tertiary/aromatic N) is 3. The maximum Gasteiger partial charge on any atom is 0.269 e. The molecule has 8 heteroatoms. The minimum absolute atomic E-state index is 0.0253. The number of nitro benzene ring substituents is 1. The number of hydrogen-bond donors (Lipinski definition) is 0. The molecule has 0 aliphatic heterocycles. The second-order valence-electron chi connectivity index (χ2n) is 6.43. The molecule has 3 aromatic carbocycles. The molecule has 0 fully saturated rings. The average Bonchev–Trinajstić information content (AvgIpc) is 2.74. The van der Waals surface area contributed by atoms with Crippen molar-refractivity contribution >= 4 is 67.3 Å². The molecule has 0 N–H and O–H groups in total. The molecule has 0 saturated heterocycles. The molecule has 0 unspecified atom stereocenters. The molecule has 0 saturated carbocycles. The van der Waals surface area contributed by atoms with Crippen LogP contribution in [0.5, 0.6) is 0 Å².